The molecule has 1 aromatic carbocycles. The lowest BCUT2D eigenvalue weighted by Crippen LogP contribution is -2.30. The molecule has 0 heterocycles. The number of hydrogen-bond acceptors (Lipinski definition) is 2. The molecule has 0 saturated carbocycles. The predicted octanol–water partition coefficient (Wildman–Crippen LogP) is 2.50. The summed E-state index contributed by atoms with van der Waals surface area (Å²) in [7, 11) is 2.10. The van der Waals surface area contributed by atoms with E-state index in [-0.39, 0.29) is 5.82 Å². The highest BCUT2D eigenvalue weighted by atomic mass is 19.1. The van der Waals surface area contributed by atoms with Crippen LogP contribution in [-0.2, 0) is 6.54 Å². The number of benzene rings is 1. The number of nitrogens with one attached hydrogen (secondary N) is 1. The standard InChI is InChI=1S/C14H23FN2/c1-4-16-9-12(2)10-17(3)11-13-5-7-14(15)8-6-13/h5-8,12,16H,4,9-11H2,1-3H3. The molecule has 0 amide bonds. The Bertz CT molecular complexity index is 311. The molecule has 0 aliphatic heterocycles. The third-order valence-corrected chi connectivity index (χ3v) is 2.73. The van der Waals surface area contributed by atoms with Crippen LogP contribution in [0.3, 0.4) is 0 Å². The molecule has 1 atom stereocenters. The molecule has 0 radical (unpaired) electrons. The Morgan fingerprint density at radius 1 is 1.29 bits per heavy atom. The van der Waals surface area contributed by atoms with Gasteiger partial charge in [0.25, 0.3) is 0 Å². The third kappa shape index (κ3) is 5.80. The summed E-state index contributed by atoms with van der Waals surface area (Å²) in [4.78, 5) is 2.27. The molecule has 96 valence electrons. The summed E-state index contributed by atoms with van der Waals surface area (Å²) < 4.78 is 12.8. The van der Waals surface area contributed by atoms with Crippen LogP contribution in [0.1, 0.15) is 19.4 Å². The Morgan fingerprint density at radius 3 is 2.53 bits per heavy atom. The minimum atomic E-state index is -0.170. The monoisotopic (exact) mass is 238 g/mol. The van der Waals surface area contributed by atoms with Crippen LogP contribution in [0.5, 0.6) is 0 Å². The molecular formula is C14H23FN2. The van der Waals surface area contributed by atoms with Gasteiger partial charge in [0.15, 0.2) is 0 Å². The van der Waals surface area contributed by atoms with Crippen LogP contribution in [0.25, 0.3) is 0 Å². The van der Waals surface area contributed by atoms with Gasteiger partial charge in [0.1, 0.15) is 5.82 Å². The van der Waals surface area contributed by atoms with Gasteiger partial charge in [-0.15, -0.1) is 0 Å². The number of hydrogen-bond donors (Lipinski definition) is 1. The second kappa shape index (κ2) is 7.41. The molecule has 1 N–H and O–H groups in total. The average Bonchev–Trinajstić information content (AvgIpc) is 2.29. The van der Waals surface area contributed by atoms with Gasteiger partial charge in [-0.1, -0.05) is 26.0 Å². The summed E-state index contributed by atoms with van der Waals surface area (Å²) in [5, 5.41) is 3.35. The fourth-order valence-electron chi connectivity index (χ4n) is 1.95. The molecule has 0 aliphatic carbocycles. The van der Waals surface area contributed by atoms with E-state index in [2.05, 4.69) is 31.1 Å². The van der Waals surface area contributed by atoms with Crippen LogP contribution >= 0.6 is 0 Å². The minimum Gasteiger partial charge on any atom is -0.317 e. The molecule has 0 aliphatic rings. The summed E-state index contributed by atoms with van der Waals surface area (Å²) in [6, 6.07) is 6.73. The normalized spacial score (nSPS) is 13.0. The number of rotatable bonds is 7. The summed E-state index contributed by atoms with van der Waals surface area (Å²) in [6.45, 7) is 8.34. The zero-order chi connectivity index (χ0) is 12.7. The topological polar surface area (TPSA) is 15.3 Å². The van der Waals surface area contributed by atoms with Crippen molar-refractivity contribution in [2.45, 2.75) is 20.4 Å². The smallest absolute Gasteiger partial charge is 0.123 e. The summed E-state index contributed by atoms with van der Waals surface area (Å²) in [6.07, 6.45) is 0. The van der Waals surface area contributed by atoms with Crippen molar-refractivity contribution in [2.75, 3.05) is 26.7 Å². The summed E-state index contributed by atoms with van der Waals surface area (Å²) in [5.74, 6) is 0.456. The predicted molar refractivity (Wildman–Crippen MR) is 70.4 cm³/mol. The minimum absolute atomic E-state index is 0.170. The number of halogens is 1. The highest BCUT2D eigenvalue weighted by Crippen LogP contribution is 2.07. The molecule has 0 aromatic heterocycles. The molecule has 0 spiro atoms. The Hall–Kier alpha value is -0.930. The van der Waals surface area contributed by atoms with E-state index in [1.165, 1.54) is 12.1 Å². The molecule has 17 heavy (non-hydrogen) atoms. The van der Waals surface area contributed by atoms with E-state index in [9.17, 15) is 4.39 Å². The molecular weight excluding hydrogens is 215 g/mol. The van der Waals surface area contributed by atoms with Gasteiger partial charge in [-0.2, -0.15) is 0 Å². The van der Waals surface area contributed by atoms with Gasteiger partial charge in [-0.3, -0.25) is 0 Å². The van der Waals surface area contributed by atoms with Gasteiger partial charge < -0.3 is 10.2 Å². The van der Waals surface area contributed by atoms with Crippen LogP contribution < -0.4 is 5.32 Å². The molecule has 1 aromatic rings. The maximum atomic E-state index is 12.8. The van der Waals surface area contributed by atoms with Gasteiger partial charge in [0.05, 0.1) is 0 Å². The first kappa shape index (κ1) is 14.1. The lowest BCUT2D eigenvalue weighted by Gasteiger charge is -2.21. The Kier molecular flexibility index (Phi) is 6.16. The fraction of sp³-hybridized carbons (Fsp3) is 0.571. The SMILES string of the molecule is CCNCC(C)CN(C)Cc1ccc(F)cc1. The van der Waals surface area contributed by atoms with Crippen LogP contribution in [0.15, 0.2) is 24.3 Å². The van der Waals surface area contributed by atoms with Crippen molar-refractivity contribution in [1.29, 1.82) is 0 Å². The van der Waals surface area contributed by atoms with Crippen LogP contribution in [0.4, 0.5) is 4.39 Å². The van der Waals surface area contributed by atoms with E-state index in [0.717, 1.165) is 31.7 Å². The highest BCUT2D eigenvalue weighted by Gasteiger charge is 2.06. The first-order valence-corrected chi connectivity index (χ1v) is 6.25. The maximum Gasteiger partial charge on any atom is 0.123 e. The summed E-state index contributed by atoms with van der Waals surface area (Å²) >= 11 is 0. The van der Waals surface area contributed by atoms with E-state index < -0.39 is 0 Å². The maximum absolute atomic E-state index is 12.8. The van der Waals surface area contributed by atoms with Gasteiger partial charge in [-0.05, 0) is 43.8 Å². The zero-order valence-corrected chi connectivity index (χ0v) is 11.0. The largest absolute Gasteiger partial charge is 0.317 e. The lowest BCUT2D eigenvalue weighted by molar-refractivity contribution is 0.274. The molecule has 0 saturated heterocycles. The van der Waals surface area contributed by atoms with Gasteiger partial charge in [0.2, 0.25) is 0 Å². The van der Waals surface area contributed by atoms with Crippen molar-refractivity contribution in [3.8, 4) is 0 Å². The average molecular weight is 238 g/mol. The van der Waals surface area contributed by atoms with E-state index in [0.29, 0.717) is 5.92 Å². The molecule has 0 bridgehead atoms. The van der Waals surface area contributed by atoms with E-state index >= 15 is 0 Å². The Balaban J connectivity index is 2.33. The lowest BCUT2D eigenvalue weighted by atomic mass is 10.1. The van der Waals surface area contributed by atoms with Crippen LogP contribution in [0, 0.1) is 11.7 Å². The van der Waals surface area contributed by atoms with Crippen LogP contribution in [0.2, 0.25) is 0 Å². The first-order valence-electron chi connectivity index (χ1n) is 6.25. The van der Waals surface area contributed by atoms with E-state index in [1.54, 1.807) is 0 Å². The molecule has 2 nitrogen and oxygen atoms in total. The number of nitrogens with zero attached hydrogens (tertiary/aromatic N) is 1. The highest BCUT2D eigenvalue weighted by molar-refractivity contribution is 5.15. The summed E-state index contributed by atoms with van der Waals surface area (Å²) in [5.41, 5.74) is 1.16. The van der Waals surface area contributed by atoms with Gasteiger partial charge in [0, 0.05) is 13.1 Å². The molecule has 1 unspecified atom stereocenters. The third-order valence-electron chi connectivity index (χ3n) is 2.73. The van der Waals surface area contributed by atoms with Crippen molar-refractivity contribution < 1.29 is 4.39 Å². The van der Waals surface area contributed by atoms with Crippen molar-refractivity contribution in [3.63, 3.8) is 0 Å². The first-order chi connectivity index (χ1) is 8.11. The van der Waals surface area contributed by atoms with Crippen molar-refractivity contribution in [1.82, 2.24) is 10.2 Å². The second-order valence-electron chi connectivity index (χ2n) is 4.74. The zero-order valence-electron chi connectivity index (χ0n) is 11.0. The Morgan fingerprint density at radius 2 is 1.94 bits per heavy atom. The molecule has 1 rings (SSSR count). The fourth-order valence-corrected chi connectivity index (χ4v) is 1.95. The van der Waals surface area contributed by atoms with Crippen molar-refractivity contribution >= 4 is 0 Å². The van der Waals surface area contributed by atoms with E-state index in [4.69, 9.17) is 0 Å². The van der Waals surface area contributed by atoms with E-state index in [1.807, 2.05) is 12.1 Å². The quantitative estimate of drug-likeness (QED) is 0.785. The Labute approximate surface area is 104 Å². The van der Waals surface area contributed by atoms with Gasteiger partial charge >= 0.3 is 0 Å². The molecule has 0 fully saturated rings. The van der Waals surface area contributed by atoms with Crippen LogP contribution in [-0.4, -0.2) is 31.6 Å². The molecule has 3 heteroatoms. The van der Waals surface area contributed by atoms with Gasteiger partial charge in [-0.25, -0.2) is 4.39 Å². The van der Waals surface area contributed by atoms with Crippen molar-refractivity contribution in [3.05, 3.63) is 35.6 Å². The second-order valence-corrected chi connectivity index (χ2v) is 4.74. The van der Waals surface area contributed by atoms with Crippen molar-refractivity contribution in [2.24, 2.45) is 5.92 Å².